The van der Waals surface area contributed by atoms with Crippen LogP contribution in [0.5, 0.6) is 11.5 Å². The lowest BCUT2D eigenvalue weighted by Crippen LogP contribution is -2.25. The van der Waals surface area contributed by atoms with Crippen LogP contribution in [-0.2, 0) is 11.4 Å². The van der Waals surface area contributed by atoms with E-state index in [1.807, 2.05) is 0 Å². The highest BCUT2D eigenvalue weighted by Gasteiger charge is 2.30. The number of urea groups is 1. The van der Waals surface area contributed by atoms with E-state index in [2.05, 4.69) is 5.32 Å². The van der Waals surface area contributed by atoms with E-state index in [1.54, 1.807) is 30.3 Å². The van der Waals surface area contributed by atoms with Crippen molar-refractivity contribution in [3.8, 4) is 11.5 Å². The van der Waals surface area contributed by atoms with Crippen LogP contribution >= 0.6 is 34.8 Å². The predicted molar refractivity (Wildman–Crippen MR) is 108 cm³/mol. The Morgan fingerprint density at radius 2 is 1.82 bits per heavy atom. The number of imide groups is 1. The van der Waals surface area contributed by atoms with Crippen LogP contribution in [0.1, 0.15) is 11.1 Å². The summed E-state index contributed by atoms with van der Waals surface area (Å²) in [6.45, 7) is 0.201. The van der Waals surface area contributed by atoms with Gasteiger partial charge in [0, 0.05) is 7.05 Å². The van der Waals surface area contributed by atoms with Crippen molar-refractivity contribution < 1.29 is 19.1 Å². The van der Waals surface area contributed by atoms with Crippen LogP contribution in [0.4, 0.5) is 4.79 Å². The van der Waals surface area contributed by atoms with Gasteiger partial charge in [0.15, 0.2) is 11.5 Å². The van der Waals surface area contributed by atoms with Gasteiger partial charge in [0.25, 0.3) is 5.91 Å². The molecule has 1 fully saturated rings. The number of hydrogen-bond acceptors (Lipinski definition) is 4. The normalized spacial score (nSPS) is 15.2. The Morgan fingerprint density at radius 3 is 2.43 bits per heavy atom. The average molecular weight is 442 g/mol. The second-order valence-corrected chi connectivity index (χ2v) is 7.15. The Labute approximate surface area is 176 Å². The zero-order valence-corrected chi connectivity index (χ0v) is 17.2. The minimum atomic E-state index is -0.490. The summed E-state index contributed by atoms with van der Waals surface area (Å²) in [6.07, 6.45) is 1.51. The number of nitrogens with zero attached hydrogens (tertiary/aromatic N) is 1. The highest BCUT2D eigenvalue weighted by molar-refractivity contribution is 6.42. The molecule has 6 nitrogen and oxygen atoms in total. The van der Waals surface area contributed by atoms with Crippen molar-refractivity contribution in [3.63, 3.8) is 0 Å². The summed E-state index contributed by atoms with van der Waals surface area (Å²) in [7, 11) is 2.87. The molecule has 2 aromatic rings. The molecule has 9 heteroatoms. The van der Waals surface area contributed by atoms with Gasteiger partial charge >= 0.3 is 6.03 Å². The van der Waals surface area contributed by atoms with Crippen molar-refractivity contribution in [1.29, 1.82) is 0 Å². The van der Waals surface area contributed by atoms with E-state index >= 15 is 0 Å². The molecule has 2 aromatic carbocycles. The fourth-order valence-corrected chi connectivity index (χ4v) is 3.13. The Balaban J connectivity index is 1.84. The molecule has 0 bridgehead atoms. The number of hydrogen-bond donors (Lipinski definition) is 1. The zero-order valence-electron chi connectivity index (χ0n) is 14.9. The van der Waals surface area contributed by atoms with Gasteiger partial charge in [0.1, 0.15) is 12.3 Å². The summed E-state index contributed by atoms with van der Waals surface area (Å²) in [6, 6.07) is 7.95. The summed E-state index contributed by atoms with van der Waals surface area (Å²) >= 11 is 18.3. The maximum absolute atomic E-state index is 12.0. The topological polar surface area (TPSA) is 67.9 Å². The third kappa shape index (κ3) is 4.19. The highest BCUT2D eigenvalue weighted by Crippen LogP contribution is 2.38. The molecule has 0 atom stereocenters. The number of nitrogens with one attached hydrogen (secondary N) is 1. The Hall–Kier alpha value is -2.41. The number of rotatable bonds is 5. The van der Waals surface area contributed by atoms with Crippen molar-refractivity contribution in [2.24, 2.45) is 0 Å². The number of methoxy groups -OCH3 is 1. The van der Waals surface area contributed by atoms with Crippen molar-refractivity contribution in [2.45, 2.75) is 6.61 Å². The van der Waals surface area contributed by atoms with E-state index in [4.69, 9.17) is 44.3 Å². The zero-order chi connectivity index (χ0) is 20.4. The highest BCUT2D eigenvalue weighted by atomic mass is 35.5. The van der Waals surface area contributed by atoms with Gasteiger partial charge in [0.2, 0.25) is 0 Å². The van der Waals surface area contributed by atoms with Crippen LogP contribution in [0.15, 0.2) is 36.0 Å². The molecule has 146 valence electrons. The molecule has 3 amide bonds. The molecule has 1 saturated heterocycles. The molecule has 0 aliphatic carbocycles. The Morgan fingerprint density at radius 1 is 1.07 bits per heavy atom. The minimum Gasteiger partial charge on any atom is -0.493 e. The molecule has 1 aliphatic heterocycles. The summed E-state index contributed by atoms with van der Waals surface area (Å²) in [4.78, 5) is 24.5. The molecule has 0 aromatic heterocycles. The molecule has 0 radical (unpaired) electrons. The van der Waals surface area contributed by atoms with E-state index in [0.717, 1.165) is 10.5 Å². The molecular weight excluding hydrogens is 427 g/mol. The number of carbonyl (C=O) groups excluding carboxylic acids is 2. The van der Waals surface area contributed by atoms with Gasteiger partial charge in [-0.3, -0.25) is 9.69 Å². The van der Waals surface area contributed by atoms with Gasteiger partial charge in [0.05, 0.1) is 22.2 Å². The molecule has 1 aliphatic rings. The van der Waals surface area contributed by atoms with Crippen molar-refractivity contribution in [1.82, 2.24) is 10.2 Å². The van der Waals surface area contributed by atoms with Crippen LogP contribution in [0.2, 0.25) is 15.1 Å². The first kappa shape index (κ1) is 20.3. The standard InChI is InChI=1S/C19H15Cl3N2O4/c1-24-18(25)15(23-19(24)26)7-11-6-14(22)17(16(8-11)27-2)28-9-10-3-4-12(20)13(21)5-10/h3-8H,9H2,1-2H3,(H,23,26)/b15-7+. The molecule has 28 heavy (non-hydrogen) atoms. The third-order valence-corrected chi connectivity index (χ3v) is 5.03. The lowest BCUT2D eigenvalue weighted by molar-refractivity contribution is -0.121. The quantitative estimate of drug-likeness (QED) is 0.537. The van der Waals surface area contributed by atoms with Crippen LogP contribution in [-0.4, -0.2) is 31.0 Å². The molecule has 1 N–H and O–H groups in total. The number of benzene rings is 2. The largest absolute Gasteiger partial charge is 0.493 e. The van der Waals surface area contributed by atoms with Crippen molar-refractivity contribution in [2.75, 3.05) is 14.2 Å². The van der Waals surface area contributed by atoms with Gasteiger partial charge in [-0.2, -0.15) is 0 Å². The molecule has 0 saturated carbocycles. The van der Waals surface area contributed by atoms with Gasteiger partial charge in [-0.25, -0.2) is 4.79 Å². The van der Waals surface area contributed by atoms with Gasteiger partial charge in [-0.1, -0.05) is 40.9 Å². The number of carbonyl (C=O) groups is 2. The van der Waals surface area contributed by atoms with E-state index in [1.165, 1.54) is 20.2 Å². The first-order chi connectivity index (χ1) is 13.3. The first-order valence-electron chi connectivity index (χ1n) is 8.05. The van der Waals surface area contributed by atoms with Crippen LogP contribution in [0.25, 0.3) is 6.08 Å². The van der Waals surface area contributed by atoms with E-state index in [9.17, 15) is 9.59 Å². The maximum Gasteiger partial charge on any atom is 0.328 e. The van der Waals surface area contributed by atoms with Crippen LogP contribution in [0, 0.1) is 0 Å². The first-order valence-corrected chi connectivity index (χ1v) is 9.18. The smallest absolute Gasteiger partial charge is 0.328 e. The van der Waals surface area contributed by atoms with Crippen LogP contribution in [0.3, 0.4) is 0 Å². The van der Waals surface area contributed by atoms with Crippen LogP contribution < -0.4 is 14.8 Å². The average Bonchev–Trinajstić information content (AvgIpc) is 2.90. The van der Waals surface area contributed by atoms with Crippen molar-refractivity contribution >= 4 is 52.8 Å². The fourth-order valence-electron chi connectivity index (χ4n) is 2.54. The second kappa shape index (κ2) is 8.31. The molecule has 3 rings (SSSR count). The van der Waals surface area contributed by atoms with Gasteiger partial charge in [-0.05, 0) is 41.5 Å². The summed E-state index contributed by atoms with van der Waals surface area (Å²) < 4.78 is 11.2. The third-order valence-electron chi connectivity index (χ3n) is 4.01. The number of likely N-dealkylation sites (N-methyl/N-ethyl adjacent to an activating group) is 1. The van der Waals surface area contributed by atoms with Crippen molar-refractivity contribution in [3.05, 3.63) is 62.2 Å². The summed E-state index contributed by atoms with van der Waals surface area (Å²) in [5.74, 6) is 0.292. The molecule has 0 unspecified atom stereocenters. The van der Waals surface area contributed by atoms with E-state index in [-0.39, 0.29) is 17.3 Å². The monoisotopic (exact) mass is 440 g/mol. The van der Waals surface area contributed by atoms with Gasteiger partial charge < -0.3 is 14.8 Å². The van der Waals surface area contributed by atoms with E-state index < -0.39 is 11.9 Å². The lowest BCUT2D eigenvalue weighted by atomic mass is 10.1. The SMILES string of the molecule is COc1cc(/C=C2/NC(=O)N(C)C2=O)cc(Cl)c1OCc1ccc(Cl)c(Cl)c1. The number of amides is 3. The number of ether oxygens (including phenoxy) is 2. The fraction of sp³-hybridized carbons (Fsp3) is 0.158. The summed E-state index contributed by atoms with van der Waals surface area (Å²) in [5, 5.41) is 3.66. The summed E-state index contributed by atoms with van der Waals surface area (Å²) in [5.41, 5.74) is 1.53. The number of halogens is 3. The predicted octanol–water partition coefficient (Wildman–Crippen LogP) is 4.76. The second-order valence-electron chi connectivity index (χ2n) is 5.92. The Kier molecular flexibility index (Phi) is 6.03. The maximum atomic E-state index is 12.0. The van der Waals surface area contributed by atoms with Gasteiger partial charge in [-0.15, -0.1) is 0 Å². The molecule has 0 spiro atoms. The molecule has 1 heterocycles. The van der Waals surface area contributed by atoms with E-state index in [0.29, 0.717) is 27.1 Å². The lowest BCUT2D eigenvalue weighted by Gasteiger charge is -2.14. The molecular formula is C19H15Cl3N2O4. The Bertz CT molecular complexity index is 991. The minimum absolute atomic E-state index is 0.148.